The maximum absolute atomic E-state index is 12.5. The maximum atomic E-state index is 12.5. The lowest BCUT2D eigenvalue weighted by molar-refractivity contribution is 0.119. The van der Waals surface area contributed by atoms with E-state index in [4.69, 9.17) is 11.6 Å². The Hall–Kier alpha value is -2.06. The molecular formula is C17H20ClF2N5O. The van der Waals surface area contributed by atoms with Crippen LogP contribution in [0.15, 0.2) is 29.3 Å². The summed E-state index contributed by atoms with van der Waals surface area (Å²) >= 11 is 6.12. The van der Waals surface area contributed by atoms with Crippen molar-refractivity contribution < 1.29 is 8.78 Å². The lowest BCUT2D eigenvalue weighted by atomic mass is 10.2. The molecule has 1 saturated heterocycles. The fourth-order valence-corrected chi connectivity index (χ4v) is 3.25. The first kappa shape index (κ1) is 18.7. The molecular weight excluding hydrogens is 364 g/mol. The Morgan fingerprint density at radius 2 is 2.00 bits per heavy atom. The van der Waals surface area contributed by atoms with Gasteiger partial charge in [0.25, 0.3) is 12.0 Å². The molecule has 0 N–H and O–H groups in total. The zero-order chi connectivity index (χ0) is 18.7. The van der Waals surface area contributed by atoms with E-state index in [2.05, 4.69) is 15.0 Å². The quantitative estimate of drug-likeness (QED) is 0.792. The Morgan fingerprint density at radius 3 is 2.65 bits per heavy atom. The third kappa shape index (κ3) is 4.19. The van der Waals surface area contributed by atoms with Crippen molar-refractivity contribution in [1.82, 2.24) is 19.7 Å². The number of hydrogen-bond acceptors (Lipinski definition) is 5. The second-order valence-corrected chi connectivity index (χ2v) is 6.63. The molecule has 1 fully saturated rings. The van der Waals surface area contributed by atoms with Crippen LogP contribution in [0.3, 0.4) is 0 Å². The van der Waals surface area contributed by atoms with Gasteiger partial charge in [-0.2, -0.15) is 5.10 Å². The zero-order valence-electron chi connectivity index (χ0n) is 14.4. The van der Waals surface area contributed by atoms with Crippen LogP contribution in [-0.2, 0) is 13.1 Å². The van der Waals surface area contributed by atoms with Gasteiger partial charge >= 0.3 is 0 Å². The van der Waals surface area contributed by atoms with Crippen LogP contribution in [0.2, 0.25) is 5.02 Å². The number of hydrogen-bond donors (Lipinski definition) is 0. The van der Waals surface area contributed by atoms with Crippen LogP contribution in [0, 0.1) is 6.92 Å². The molecule has 0 aromatic carbocycles. The molecule has 9 heteroatoms. The minimum absolute atomic E-state index is 0.0605. The van der Waals surface area contributed by atoms with Crippen LogP contribution in [-0.4, -0.2) is 52.3 Å². The van der Waals surface area contributed by atoms with Gasteiger partial charge in [-0.15, -0.1) is 0 Å². The summed E-state index contributed by atoms with van der Waals surface area (Å²) in [5.74, 6) is 0. The predicted molar refractivity (Wildman–Crippen MR) is 96.0 cm³/mol. The Morgan fingerprint density at radius 1 is 1.27 bits per heavy atom. The largest absolute Gasteiger partial charge is 0.366 e. The lowest BCUT2D eigenvalue weighted by Crippen LogP contribution is -2.46. The van der Waals surface area contributed by atoms with Crippen LogP contribution in [0.25, 0.3) is 0 Å². The van der Waals surface area contributed by atoms with E-state index in [1.165, 1.54) is 6.20 Å². The van der Waals surface area contributed by atoms with E-state index in [1.54, 1.807) is 6.20 Å². The first-order valence-electron chi connectivity index (χ1n) is 8.37. The molecule has 2 aromatic heterocycles. The van der Waals surface area contributed by atoms with Crippen molar-refractivity contribution >= 4 is 17.3 Å². The molecule has 0 spiro atoms. The Bertz CT molecular complexity index is 821. The van der Waals surface area contributed by atoms with Gasteiger partial charge in [0.05, 0.1) is 17.6 Å². The highest BCUT2D eigenvalue weighted by molar-refractivity contribution is 6.33. The van der Waals surface area contributed by atoms with Crippen molar-refractivity contribution in [1.29, 1.82) is 0 Å². The van der Waals surface area contributed by atoms with Crippen molar-refractivity contribution in [2.24, 2.45) is 0 Å². The Labute approximate surface area is 155 Å². The van der Waals surface area contributed by atoms with Crippen molar-refractivity contribution in [2.45, 2.75) is 26.4 Å². The van der Waals surface area contributed by atoms with Gasteiger partial charge in [0, 0.05) is 38.9 Å². The van der Waals surface area contributed by atoms with Gasteiger partial charge in [0.2, 0.25) is 0 Å². The normalized spacial score (nSPS) is 15.7. The molecule has 26 heavy (non-hydrogen) atoms. The summed E-state index contributed by atoms with van der Waals surface area (Å²) < 4.78 is 25.7. The van der Waals surface area contributed by atoms with E-state index in [1.807, 2.05) is 24.0 Å². The Kier molecular flexibility index (Phi) is 5.83. The molecule has 3 rings (SSSR count). The Balaban J connectivity index is 1.66. The van der Waals surface area contributed by atoms with Gasteiger partial charge in [-0.25, -0.2) is 13.5 Å². The van der Waals surface area contributed by atoms with Crippen LogP contribution in [0.5, 0.6) is 0 Å². The summed E-state index contributed by atoms with van der Waals surface area (Å²) in [6.07, 6.45) is 0.532. The molecule has 1 aliphatic heterocycles. The zero-order valence-corrected chi connectivity index (χ0v) is 15.2. The number of nitrogens with zero attached hydrogens (tertiary/aromatic N) is 5. The molecule has 0 unspecified atom stereocenters. The number of pyridine rings is 1. The number of alkyl halides is 2. The predicted octanol–water partition coefficient (Wildman–Crippen LogP) is 2.19. The van der Waals surface area contributed by atoms with Crippen LogP contribution in [0.1, 0.15) is 11.3 Å². The summed E-state index contributed by atoms with van der Waals surface area (Å²) in [4.78, 5) is 20.8. The van der Waals surface area contributed by atoms with E-state index in [0.717, 1.165) is 30.9 Å². The molecule has 0 radical (unpaired) electrons. The van der Waals surface area contributed by atoms with Gasteiger partial charge in [0.15, 0.2) is 0 Å². The number of anilines is 1. The highest BCUT2D eigenvalue weighted by Gasteiger charge is 2.22. The van der Waals surface area contributed by atoms with Crippen LogP contribution < -0.4 is 10.5 Å². The molecule has 3 heterocycles. The molecule has 0 atom stereocenters. The van der Waals surface area contributed by atoms with E-state index < -0.39 is 18.5 Å². The molecule has 0 aliphatic carbocycles. The molecule has 0 bridgehead atoms. The molecule has 0 saturated carbocycles. The van der Waals surface area contributed by atoms with Crippen molar-refractivity contribution in [2.75, 3.05) is 31.1 Å². The number of rotatable bonds is 5. The third-order valence-corrected chi connectivity index (χ3v) is 4.84. The van der Waals surface area contributed by atoms with Gasteiger partial charge in [-0.3, -0.25) is 14.7 Å². The molecule has 2 aromatic rings. The van der Waals surface area contributed by atoms with E-state index in [9.17, 15) is 13.6 Å². The average molecular weight is 384 g/mol. The molecule has 140 valence electrons. The van der Waals surface area contributed by atoms with Gasteiger partial charge in [0.1, 0.15) is 11.6 Å². The second-order valence-electron chi connectivity index (χ2n) is 6.25. The van der Waals surface area contributed by atoms with Crippen LogP contribution in [0.4, 0.5) is 14.5 Å². The highest BCUT2D eigenvalue weighted by Crippen LogP contribution is 2.23. The van der Waals surface area contributed by atoms with Crippen molar-refractivity contribution in [3.8, 4) is 0 Å². The third-order valence-electron chi connectivity index (χ3n) is 4.48. The van der Waals surface area contributed by atoms with Gasteiger partial charge in [-0.05, 0) is 18.6 Å². The van der Waals surface area contributed by atoms with Gasteiger partial charge in [-0.1, -0.05) is 17.7 Å². The van der Waals surface area contributed by atoms with Gasteiger partial charge < -0.3 is 4.90 Å². The first-order valence-corrected chi connectivity index (χ1v) is 8.75. The number of halogens is 3. The lowest BCUT2D eigenvalue weighted by Gasteiger charge is -2.36. The van der Waals surface area contributed by atoms with Crippen molar-refractivity contribution in [3.05, 3.63) is 51.2 Å². The SMILES string of the molecule is Cc1cccnc1CN1CCN(c2cnn(CC(F)F)c(=O)c2Cl)CC1. The summed E-state index contributed by atoms with van der Waals surface area (Å²) in [7, 11) is 0. The summed E-state index contributed by atoms with van der Waals surface area (Å²) in [5, 5.41) is 3.77. The topological polar surface area (TPSA) is 54.3 Å². The number of aryl methyl sites for hydroxylation is 1. The first-order chi connectivity index (χ1) is 12.5. The number of aromatic nitrogens is 3. The maximum Gasteiger partial charge on any atom is 0.287 e. The summed E-state index contributed by atoms with van der Waals surface area (Å²) in [6.45, 7) is 4.97. The molecule has 6 nitrogen and oxygen atoms in total. The minimum Gasteiger partial charge on any atom is -0.366 e. The fourth-order valence-electron chi connectivity index (χ4n) is 2.98. The average Bonchev–Trinajstić information content (AvgIpc) is 2.62. The smallest absolute Gasteiger partial charge is 0.287 e. The van der Waals surface area contributed by atoms with Crippen molar-refractivity contribution in [3.63, 3.8) is 0 Å². The van der Waals surface area contributed by atoms with Crippen LogP contribution >= 0.6 is 11.6 Å². The monoisotopic (exact) mass is 383 g/mol. The second kappa shape index (κ2) is 8.09. The molecule has 1 aliphatic rings. The number of piperazine rings is 1. The minimum atomic E-state index is -2.65. The van der Waals surface area contributed by atoms with E-state index in [-0.39, 0.29) is 5.02 Å². The van der Waals surface area contributed by atoms with E-state index >= 15 is 0 Å². The standard InChI is InChI=1S/C17H20ClF2N5O/c1-12-3-2-4-21-13(12)10-23-5-7-24(8-6-23)14-9-22-25(11-15(19)20)17(26)16(14)18/h2-4,9,15H,5-8,10-11H2,1H3. The fraction of sp³-hybridized carbons (Fsp3) is 0.471. The summed E-state index contributed by atoms with van der Waals surface area (Å²) in [6, 6.07) is 3.96. The summed E-state index contributed by atoms with van der Waals surface area (Å²) in [5.41, 5.74) is 2.02. The van der Waals surface area contributed by atoms with E-state index in [0.29, 0.717) is 23.5 Å². The highest BCUT2D eigenvalue weighted by atomic mass is 35.5. The molecule has 0 amide bonds.